The minimum absolute atomic E-state index is 0.159. The van der Waals surface area contributed by atoms with Crippen LogP contribution in [0.5, 0.6) is 0 Å². The summed E-state index contributed by atoms with van der Waals surface area (Å²) >= 11 is 3.28. The summed E-state index contributed by atoms with van der Waals surface area (Å²) in [6.07, 6.45) is 2.89. The largest absolute Gasteiger partial charge is 0.381 e. The highest BCUT2D eigenvalue weighted by atomic mass is 79.9. The second kappa shape index (κ2) is 6.60. The molecule has 1 aliphatic heterocycles. The summed E-state index contributed by atoms with van der Waals surface area (Å²) in [5, 5.41) is 2.98. The maximum Gasteiger partial charge on any atom is 0.244 e. The number of hydrogen-bond donors (Lipinski definition) is 2. The molecule has 1 aromatic rings. The lowest BCUT2D eigenvalue weighted by Gasteiger charge is -2.34. The Balaban J connectivity index is 2.32. The monoisotopic (exact) mass is 377 g/mol. The molecule has 2 N–H and O–H groups in total. The van der Waals surface area contributed by atoms with E-state index >= 15 is 0 Å². The van der Waals surface area contributed by atoms with E-state index in [0.717, 1.165) is 0 Å². The molecule has 2 heterocycles. The van der Waals surface area contributed by atoms with Crippen molar-refractivity contribution >= 4 is 31.8 Å². The Kier molecular flexibility index (Phi) is 5.24. The number of hydrogen-bond acceptors (Lipinski definition) is 5. The van der Waals surface area contributed by atoms with E-state index in [1.165, 1.54) is 0 Å². The van der Waals surface area contributed by atoms with Crippen molar-refractivity contribution in [1.29, 1.82) is 0 Å². The molecule has 1 aromatic heterocycles. The second-order valence-corrected chi connectivity index (χ2v) is 7.88. The van der Waals surface area contributed by atoms with E-state index < -0.39 is 15.6 Å². The van der Waals surface area contributed by atoms with E-state index in [9.17, 15) is 8.42 Å². The highest BCUT2D eigenvalue weighted by Gasteiger charge is 2.33. The Morgan fingerprint density at radius 2 is 2.10 bits per heavy atom. The molecule has 0 unspecified atom stereocenters. The van der Waals surface area contributed by atoms with Gasteiger partial charge in [0.1, 0.15) is 10.7 Å². The van der Waals surface area contributed by atoms with Gasteiger partial charge in [0.2, 0.25) is 10.0 Å². The molecule has 2 rings (SSSR count). The number of halogens is 1. The van der Waals surface area contributed by atoms with Crippen molar-refractivity contribution in [2.75, 3.05) is 25.1 Å². The number of anilines is 1. The third-order valence-corrected chi connectivity index (χ3v) is 5.52. The van der Waals surface area contributed by atoms with Crippen LogP contribution in [0.4, 0.5) is 5.82 Å². The average molecular weight is 378 g/mol. The van der Waals surface area contributed by atoms with Gasteiger partial charge in [0.15, 0.2) is 0 Å². The Morgan fingerprint density at radius 3 is 2.71 bits per heavy atom. The Labute approximate surface area is 133 Å². The second-order valence-electron chi connectivity index (χ2n) is 5.31. The molecule has 0 radical (unpaired) electrons. The van der Waals surface area contributed by atoms with Crippen molar-refractivity contribution in [3.8, 4) is 0 Å². The van der Waals surface area contributed by atoms with Gasteiger partial charge in [-0.25, -0.2) is 18.1 Å². The number of pyridine rings is 1. The van der Waals surface area contributed by atoms with Crippen LogP contribution in [0.15, 0.2) is 21.6 Å². The number of nitrogens with zero attached hydrogens (tertiary/aromatic N) is 1. The predicted molar refractivity (Wildman–Crippen MR) is 84.9 cm³/mol. The molecule has 0 amide bonds. The molecule has 0 spiro atoms. The van der Waals surface area contributed by atoms with Gasteiger partial charge < -0.3 is 10.1 Å². The highest BCUT2D eigenvalue weighted by Crippen LogP contribution is 2.27. The van der Waals surface area contributed by atoms with E-state index in [1.807, 2.05) is 13.8 Å². The minimum atomic E-state index is -3.65. The van der Waals surface area contributed by atoms with Crippen LogP contribution in [-0.2, 0) is 14.8 Å². The summed E-state index contributed by atoms with van der Waals surface area (Å²) in [5.74, 6) is 0.365. The number of ether oxygens (including phenoxy) is 1. The lowest BCUT2D eigenvalue weighted by Crippen LogP contribution is -2.49. The van der Waals surface area contributed by atoms with E-state index in [4.69, 9.17) is 4.74 Å². The first-order valence-electron chi connectivity index (χ1n) is 6.87. The van der Waals surface area contributed by atoms with Gasteiger partial charge >= 0.3 is 0 Å². The first kappa shape index (κ1) is 16.7. The van der Waals surface area contributed by atoms with Gasteiger partial charge in [-0.15, -0.1) is 0 Å². The Hall–Kier alpha value is -0.700. The van der Waals surface area contributed by atoms with Crippen LogP contribution in [-0.4, -0.2) is 38.7 Å². The van der Waals surface area contributed by atoms with Crippen LogP contribution in [0.3, 0.4) is 0 Å². The van der Waals surface area contributed by atoms with Crippen molar-refractivity contribution in [3.05, 3.63) is 16.7 Å². The van der Waals surface area contributed by atoms with E-state index in [2.05, 4.69) is 31.0 Å². The highest BCUT2D eigenvalue weighted by molar-refractivity contribution is 9.10. The lowest BCUT2D eigenvalue weighted by atomic mass is 9.94. The van der Waals surface area contributed by atoms with Crippen LogP contribution >= 0.6 is 15.9 Å². The molecule has 1 fully saturated rings. The number of aromatic nitrogens is 1. The maximum absolute atomic E-state index is 12.7. The van der Waals surface area contributed by atoms with Crippen molar-refractivity contribution < 1.29 is 13.2 Å². The van der Waals surface area contributed by atoms with Crippen LogP contribution in [0.2, 0.25) is 0 Å². The van der Waals surface area contributed by atoms with Gasteiger partial charge in [0.25, 0.3) is 0 Å². The summed E-state index contributed by atoms with van der Waals surface area (Å²) in [5.41, 5.74) is -0.483. The molecule has 6 nitrogen and oxygen atoms in total. The summed E-state index contributed by atoms with van der Waals surface area (Å²) in [6.45, 7) is 5.53. The van der Waals surface area contributed by atoms with Gasteiger partial charge in [-0.3, -0.25) is 0 Å². The normalized spacial score (nSPS) is 18.4. The van der Waals surface area contributed by atoms with E-state index in [-0.39, 0.29) is 4.90 Å². The standard InChI is InChI=1S/C13H20BrN3O3S/c1-3-15-12-11(8-10(14)9-16-12)21(18,19)17-13(2)4-6-20-7-5-13/h8-9,17H,3-7H2,1-2H3,(H,15,16). The molecule has 0 atom stereocenters. The lowest BCUT2D eigenvalue weighted by molar-refractivity contribution is 0.0537. The zero-order valence-electron chi connectivity index (χ0n) is 12.1. The minimum Gasteiger partial charge on any atom is -0.381 e. The van der Waals surface area contributed by atoms with Gasteiger partial charge in [0, 0.05) is 36.0 Å². The molecule has 1 saturated heterocycles. The molecule has 21 heavy (non-hydrogen) atoms. The van der Waals surface area contributed by atoms with Crippen molar-refractivity contribution in [3.63, 3.8) is 0 Å². The topological polar surface area (TPSA) is 80.3 Å². The average Bonchev–Trinajstić information content (AvgIpc) is 2.40. The fourth-order valence-electron chi connectivity index (χ4n) is 2.23. The summed E-state index contributed by atoms with van der Waals surface area (Å²) < 4.78 is 34.1. The quantitative estimate of drug-likeness (QED) is 0.821. The zero-order valence-corrected chi connectivity index (χ0v) is 14.6. The molecule has 8 heteroatoms. The third kappa shape index (κ3) is 4.15. The van der Waals surface area contributed by atoms with E-state index in [0.29, 0.717) is 42.9 Å². The first-order valence-corrected chi connectivity index (χ1v) is 9.15. The predicted octanol–water partition coefficient (Wildman–Crippen LogP) is 2.12. The fourth-order valence-corrected chi connectivity index (χ4v) is 4.34. The molecular weight excluding hydrogens is 358 g/mol. The summed E-state index contributed by atoms with van der Waals surface area (Å²) in [7, 11) is -3.65. The van der Waals surface area contributed by atoms with Crippen LogP contribution < -0.4 is 10.0 Å². The molecule has 0 aromatic carbocycles. The van der Waals surface area contributed by atoms with Gasteiger partial charge in [-0.2, -0.15) is 0 Å². The number of nitrogens with one attached hydrogen (secondary N) is 2. The van der Waals surface area contributed by atoms with E-state index in [1.54, 1.807) is 12.3 Å². The SMILES string of the molecule is CCNc1ncc(Br)cc1S(=O)(=O)NC1(C)CCOCC1. The Bertz CT molecular complexity index is 601. The first-order chi connectivity index (χ1) is 9.86. The molecular formula is C13H20BrN3O3S. The molecule has 118 valence electrons. The molecule has 0 aliphatic carbocycles. The summed E-state index contributed by atoms with van der Waals surface area (Å²) in [4.78, 5) is 4.31. The zero-order chi connectivity index (χ0) is 15.5. The fraction of sp³-hybridized carbons (Fsp3) is 0.615. The van der Waals surface area contributed by atoms with Gasteiger partial charge in [-0.05, 0) is 48.7 Å². The number of sulfonamides is 1. The van der Waals surface area contributed by atoms with Crippen molar-refractivity contribution in [2.45, 2.75) is 37.1 Å². The van der Waals surface area contributed by atoms with Crippen molar-refractivity contribution in [2.24, 2.45) is 0 Å². The molecule has 1 aliphatic rings. The number of rotatable bonds is 5. The molecule has 0 saturated carbocycles. The Morgan fingerprint density at radius 1 is 1.43 bits per heavy atom. The maximum atomic E-state index is 12.7. The smallest absolute Gasteiger partial charge is 0.244 e. The molecule has 0 bridgehead atoms. The van der Waals surface area contributed by atoms with Crippen LogP contribution in [0.25, 0.3) is 0 Å². The summed E-state index contributed by atoms with van der Waals surface area (Å²) in [6, 6.07) is 1.57. The van der Waals surface area contributed by atoms with Gasteiger partial charge in [-0.1, -0.05) is 0 Å². The van der Waals surface area contributed by atoms with Crippen LogP contribution in [0.1, 0.15) is 26.7 Å². The van der Waals surface area contributed by atoms with Crippen molar-refractivity contribution in [1.82, 2.24) is 9.71 Å². The van der Waals surface area contributed by atoms with Crippen LogP contribution in [0, 0.1) is 0 Å². The third-order valence-electron chi connectivity index (χ3n) is 3.43. The van der Waals surface area contributed by atoms with Gasteiger partial charge in [0.05, 0.1) is 0 Å².